The Morgan fingerprint density at radius 2 is 2.19 bits per heavy atom. The van der Waals surface area contributed by atoms with E-state index in [2.05, 4.69) is 11.9 Å². The largest absolute Gasteiger partial charge is 0.396 e. The van der Waals surface area contributed by atoms with Crippen molar-refractivity contribution >= 4 is 6.29 Å². The second-order valence-electron chi connectivity index (χ2n) is 4.85. The quantitative estimate of drug-likeness (QED) is 0.431. The van der Waals surface area contributed by atoms with Crippen molar-refractivity contribution in [3.63, 3.8) is 0 Å². The molecule has 88 valence electrons. The van der Waals surface area contributed by atoms with Crippen LogP contribution in [0.3, 0.4) is 0 Å². The Balaban J connectivity index is 1.77. The van der Waals surface area contributed by atoms with Gasteiger partial charge in [-0.25, -0.2) is 0 Å². The summed E-state index contributed by atoms with van der Waals surface area (Å²) in [4.78, 5) is 12.4. The third-order valence-electron chi connectivity index (χ3n) is 3.48. The summed E-state index contributed by atoms with van der Waals surface area (Å²) in [6.07, 6.45) is 8.46. The smallest absolute Gasteiger partial charge is 0.165 e. The van der Waals surface area contributed by atoms with Crippen LogP contribution >= 0.6 is 0 Å². The molecule has 1 saturated carbocycles. The van der Waals surface area contributed by atoms with Crippen molar-refractivity contribution in [2.45, 2.75) is 18.9 Å². The van der Waals surface area contributed by atoms with Crippen molar-refractivity contribution in [1.82, 2.24) is 4.90 Å². The molecule has 0 aromatic carbocycles. The summed E-state index contributed by atoms with van der Waals surface area (Å²) in [5.74, 6) is 0. The number of hydrogen-bond donors (Lipinski definition) is 1. The molecular weight excluding hydrogens is 204 g/mol. The summed E-state index contributed by atoms with van der Waals surface area (Å²) in [6, 6.07) is 0.603. The van der Waals surface area contributed by atoms with E-state index in [-0.39, 0.29) is 5.70 Å². The minimum absolute atomic E-state index is 0.252. The summed E-state index contributed by atoms with van der Waals surface area (Å²) < 4.78 is 5.23. The molecule has 0 aromatic heterocycles. The molecule has 0 atom stereocenters. The number of aldehydes is 1. The van der Waals surface area contributed by atoms with Gasteiger partial charge in [0.15, 0.2) is 6.29 Å². The summed E-state index contributed by atoms with van der Waals surface area (Å²) >= 11 is 0. The van der Waals surface area contributed by atoms with Crippen LogP contribution in [0, 0.1) is 5.41 Å². The van der Waals surface area contributed by atoms with Crippen molar-refractivity contribution in [1.29, 1.82) is 0 Å². The molecule has 4 nitrogen and oxygen atoms in total. The number of carbonyl (C=O) groups is 1. The number of nitrogens with zero attached hydrogens (tertiary/aromatic N) is 1. The molecule has 0 radical (unpaired) electrons. The topological polar surface area (TPSA) is 55.6 Å². The first-order valence-electron chi connectivity index (χ1n) is 5.54. The van der Waals surface area contributed by atoms with Crippen LogP contribution in [0.2, 0.25) is 0 Å². The van der Waals surface area contributed by atoms with Gasteiger partial charge in [0.1, 0.15) is 0 Å². The van der Waals surface area contributed by atoms with Gasteiger partial charge < -0.3 is 15.4 Å². The van der Waals surface area contributed by atoms with E-state index in [1.165, 1.54) is 12.8 Å². The Bertz CT molecular complexity index is 324. The first-order chi connectivity index (χ1) is 7.65. The van der Waals surface area contributed by atoms with Gasteiger partial charge in [0.2, 0.25) is 0 Å². The molecule has 0 amide bonds. The average Bonchev–Trinajstić information content (AvgIpc) is 2.13. The molecule has 1 heterocycles. The predicted molar refractivity (Wildman–Crippen MR) is 61.5 cm³/mol. The minimum atomic E-state index is 0.252. The van der Waals surface area contributed by atoms with Crippen LogP contribution < -0.4 is 5.73 Å². The predicted octanol–water partition coefficient (Wildman–Crippen LogP) is 0.652. The summed E-state index contributed by atoms with van der Waals surface area (Å²) in [6.45, 7) is 1.86. The normalized spacial score (nSPS) is 24.2. The lowest BCUT2D eigenvalue weighted by atomic mass is 9.64. The zero-order chi connectivity index (χ0) is 11.6. The van der Waals surface area contributed by atoms with Gasteiger partial charge in [-0.15, -0.1) is 0 Å². The molecular formula is C12H18N2O2. The molecule has 16 heavy (non-hydrogen) atoms. The highest BCUT2D eigenvalue weighted by molar-refractivity contribution is 5.72. The van der Waals surface area contributed by atoms with Gasteiger partial charge in [0.25, 0.3) is 0 Å². The zero-order valence-corrected chi connectivity index (χ0v) is 9.56. The van der Waals surface area contributed by atoms with E-state index in [9.17, 15) is 4.79 Å². The van der Waals surface area contributed by atoms with Crippen LogP contribution in [-0.4, -0.2) is 37.5 Å². The molecule has 4 heteroatoms. The zero-order valence-electron chi connectivity index (χ0n) is 9.56. The number of carbonyl (C=O) groups excluding carboxylic acids is 1. The average molecular weight is 222 g/mol. The van der Waals surface area contributed by atoms with Gasteiger partial charge in [0.05, 0.1) is 18.9 Å². The standard InChI is InChI=1S/C12H18N2O2/c1-14(4-2-3-10(13)7-15)11-5-12(6-11)8-16-9-12/h2-4,7,11H,5-6,8-9,13H2,1H3/b4-2-,10-3+. The van der Waals surface area contributed by atoms with Gasteiger partial charge in [-0.3, -0.25) is 4.79 Å². The molecule has 1 aliphatic carbocycles. The first kappa shape index (κ1) is 11.2. The fraction of sp³-hybridized carbons (Fsp3) is 0.583. The third kappa shape index (κ3) is 2.11. The first-order valence-corrected chi connectivity index (χ1v) is 5.54. The summed E-state index contributed by atoms with van der Waals surface area (Å²) in [7, 11) is 2.05. The second kappa shape index (κ2) is 4.29. The Hall–Kier alpha value is -1.29. The minimum Gasteiger partial charge on any atom is -0.396 e. The van der Waals surface area contributed by atoms with Crippen LogP contribution in [0.1, 0.15) is 12.8 Å². The van der Waals surface area contributed by atoms with Gasteiger partial charge in [-0.05, 0) is 31.2 Å². The molecule has 1 aliphatic heterocycles. The van der Waals surface area contributed by atoms with Gasteiger partial charge >= 0.3 is 0 Å². The highest BCUT2D eigenvalue weighted by Gasteiger charge is 2.50. The van der Waals surface area contributed by atoms with Crippen molar-refractivity contribution in [3.05, 3.63) is 24.0 Å². The molecule has 0 unspecified atom stereocenters. The SMILES string of the molecule is CN(/C=C\C=C(\N)C=O)C1CC2(COC2)C1. The van der Waals surface area contributed by atoms with Crippen molar-refractivity contribution in [2.75, 3.05) is 20.3 Å². The maximum Gasteiger partial charge on any atom is 0.165 e. The van der Waals surface area contributed by atoms with E-state index in [1.54, 1.807) is 6.08 Å². The molecule has 2 aliphatic rings. The van der Waals surface area contributed by atoms with E-state index >= 15 is 0 Å². The highest BCUT2D eigenvalue weighted by Crippen LogP contribution is 2.48. The van der Waals surface area contributed by atoms with Gasteiger partial charge in [0, 0.05) is 18.5 Å². The molecule has 1 saturated heterocycles. The lowest BCUT2D eigenvalue weighted by Crippen LogP contribution is -2.58. The summed E-state index contributed by atoms with van der Waals surface area (Å²) in [5, 5.41) is 0. The third-order valence-corrected chi connectivity index (χ3v) is 3.48. The van der Waals surface area contributed by atoms with Crippen LogP contribution in [0.4, 0.5) is 0 Å². The number of nitrogens with two attached hydrogens (primary N) is 1. The highest BCUT2D eigenvalue weighted by atomic mass is 16.5. The van der Waals surface area contributed by atoms with E-state index in [4.69, 9.17) is 10.5 Å². The molecule has 2 fully saturated rings. The summed E-state index contributed by atoms with van der Waals surface area (Å²) in [5.41, 5.74) is 6.10. The number of rotatable bonds is 4. The Morgan fingerprint density at radius 3 is 2.69 bits per heavy atom. The Morgan fingerprint density at radius 1 is 1.50 bits per heavy atom. The van der Waals surface area contributed by atoms with Crippen LogP contribution in [-0.2, 0) is 9.53 Å². The van der Waals surface area contributed by atoms with E-state index in [0.717, 1.165) is 13.2 Å². The molecule has 2 rings (SSSR count). The fourth-order valence-corrected chi connectivity index (χ4v) is 2.31. The van der Waals surface area contributed by atoms with E-state index < -0.39 is 0 Å². The molecule has 1 spiro atoms. The van der Waals surface area contributed by atoms with Gasteiger partial charge in [-0.1, -0.05) is 0 Å². The molecule has 0 aromatic rings. The van der Waals surface area contributed by atoms with Crippen molar-refractivity contribution in [2.24, 2.45) is 11.1 Å². The maximum atomic E-state index is 10.3. The van der Waals surface area contributed by atoms with Crippen molar-refractivity contribution in [3.8, 4) is 0 Å². The number of hydrogen-bond acceptors (Lipinski definition) is 4. The molecule has 2 N–H and O–H groups in total. The second-order valence-corrected chi connectivity index (χ2v) is 4.85. The van der Waals surface area contributed by atoms with Crippen LogP contribution in [0.5, 0.6) is 0 Å². The van der Waals surface area contributed by atoms with Crippen LogP contribution in [0.25, 0.3) is 0 Å². The van der Waals surface area contributed by atoms with E-state index in [0.29, 0.717) is 17.7 Å². The van der Waals surface area contributed by atoms with Gasteiger partial charge in [-0.2, -0.15) is 0 Å². The Labute approximate surface area is 95.7 Å². The monoisotopic (exact) mass is 222 g/mol. The van der Waals surface area contributed by atoms with Crippen molar-refractivity contribution < 1.29 is 9.53 Å². The molecule has 0 bridgehead atoms. The van der Waals surface area contributed by atoms with E-state index in [1.807, 2.05) is 12.3 Å². The lowest BCUT2D eigenvalue weighted by Gasteiger charge is -2.55. The Kier molecular flexibility index (Phi) is 3.01. The maximum absolute atomic E-state index is 10.3. The number of ether oxygens (including phenoxy) is 1. The van der Waals surface area contributed by atoms with Crippen LogP contribution in [0.15, 0.2) is 24.0 Å². The number of allylic oxidation sites excluding steroid dienone is 3. The lowest BCUT2D eigenvalue weighted by molar-refractivity contribution is -0.178. The fourth-order valence-electron chi connectivity index (χ4n) is 2.31.